The third-order valence-corrected chi connectivity index (χ3v) is 3.08. The molecule has 1 aromatic carbocycles. The second-order valence-electron chi connectivity index (χ2n) is 4.43. The summed E-state index contributed by atoms with van der Waals surface area (Å²) in [5.74, 6) is -0.234. The summed E-state index contributed by atoms with van der Waals surface area (Å²) < 4.78 is 7.45. The molecule has 92 valence electrons. The zero-order chi connectivity index (χ0) is 12.9. The molecule has 1 aliphatic rings. The fraction of sp³-hybridized carbons (Fsp3) is 0.231. The summed E-state index contributed by atoms with van der Waals surface area (Å²) in [5, 5.41) is 9.06. The van der Waals surface area contributed by atoms with Gasteiger partial charge < -0.3 is 9.84 Å². The molecule has 3 rings (SSSR count). The van der Waals surface area contributed by atoms with E-state index in [1.807, 2.05) is 26.0 Å². The van der Waals surface area contributed by atoms with Crippen molar-refractivity contribution in [1.29, 1.82) is 0 Å². The lowest BCUT2D eigenvalue weighted by atomic mass is 10.1. The molecule has 0 atom stereocenters. The number of aromatic nitrogens is 2. The van der Waals surface area contributed by atoms with Crippen LogP contribution in [0.3, 0.4) is 0 Å². The standard InChI is InChI=1S/C13H12N2O3/c1-7-3-8(2)12-9(4-7)15-6-14-11(13(16)17)10(15)5-18-12/h3-4,6H,5H2,1-2H3,(H,16,17). The van der Waals surface area contributed by atoms with Gasteiger partial charge in [0.2, 0.25) is 0 Å². The summed E-state index contributed by atoms with van der Waals surface area (Å²) in [6.45, 7) is 4.21. The normalized spacial score (nSPS) is 12.6. The summed E-state index contributed by atoms with van der Waals surface area (Å²) >= 11 is 0. The minimum Gasteiger partial charge on any atom is -0.485 e. The summed E-state index contributed by atoms with van der Waals surface area (Å²) in [6, 6.07) is 4.01. The predicted octanol–water partition coefficient (Wildman–Crippen LogP) is 2.08. The van der Waals surface area contributed by atoms with Gasteiger partial charge in [0.15, 0.2) is 5.69 Å². The van der Waals surface area contributed by atoms with E-state index in [2.05, 4.69) is 4.98 Å². The molecule has 1 aromatic heterocycles. The highest BCUT2D eigenvalue weighted by Crippen LogP contribution is 2.34. The van der Waals surface area contributed by atoms with E-state index in [0.29, 0.717) is 5.69 Å². The summed E-state index contributed by atoms with van der Waals surface area (Å²) in [5.41, 5.74) is 3.64. The first-order valence-corrected chi connectivity index (χ1v) is 5.62. The molecule has 0 aliphatic carbocycles. The van der Waals surface area contributed by atoms with E-state index in [4.69, 9.17) is 9.84 Å². The van der Waals surface area contributed by atoms with E-state index < -0.39 is 5.97 Å². The number of aryl methyl sites for hydroxylation is 2. The number of hydrogen-bond acceptors (Lipinski definition) is 3. The van der Waals surface area contributed by atoms with Crippen LogP contribution in [0.1, 0.15) is 27.3 Å². The van der Waals surface area contributed by atoms with Gasteiger partial charge in [-0.3, -0.25) is 4.57 Å². The van der Waals surface area contributed by atoms with Crippen molar-refractivity contribution in [2.24, 2.45) is 0 Å². The Labute approximate surface area is 104 Å². The van der Waals surface area contributed by atoms with Crippen LogP contribution < -0.4 is 4.74 Å². The lowest BCUT2D eigenvalue weighted by molar-refractivity contribution is 0.0687. The fourth-order valence-electron chi connectivity index (χ4n) is 2.34. The van der Waals surface area contributed by atoms with Gasteiger partial charge in [0, 0.05) is 0 Å². The lowest BCUT2D eigenvalue weighted by Crippen LogP contribution is -2.16. The predicted molar refractivity (Wildman–Crippen MR) is 64.3 cm³/mol. The smallest absolute Gasteiger partial charge is 0.356 e. The number of carbonyl (C=O) groups is 1. The molecule has 0 fully saturated rings. The van der Waals surface area contributed by atoms with Crippen molar-refractivity contribution in [1.82, 2.24) is 9.55 Å². The van der Waals surface area contributed by atoms with Crippen molar-refractivity contribution in [2.75, 3.05) is 0 Å². The molecule has 2 aromatic rings. The molecule has 0 saturated carbocycles. The summed E-state index contributed by atoms with van der Waals surface area (Å²) in [6.07, 6.45) is 1.54. The number of fused-ring (bicyclic) bond motifs is 3. The third-order valence-electron chi connectivity index (χ3n) is 3.08. The second kappa shape index (κ2) is 3.60. The molecule has 0 spiro atoms. The maximum absolute atomic E-state index is 11.0. The van der Waals surface area contributed by atoms with Gasteiger partial charge in [0.1, 0.15) is 18.7 Å². The Balaban J connectivity index is 2.26. The fourth-order valence-corrected chi connectivity index (χ4v) is 2.34. The molecule has 0 unspecified atom stereocenters. The first-order valence-electron chi connectivity index (χ1n) is 5.62. The Morgan fingerprint density at radius 3 is 2.94 bits per heavy atom. The number of aromatic carboxylic acids is 1. The molecule has 2 heterocycles. The van der Waals surface area contributed by atoms with Gasteiger partial charge in [-0.2, -0.15) is 0 Å². The topological polar surface area (TPSA) is 64.4 Å². The highest BCUT2D eigenvalue weighted by Gasteiger charge is 2.25. The highest BCUT2D eigenvalue weighted by atomic mass is 16.5. The van der Waals surface area contributed by atoms with Crippen LogP contribution in [-0.2, 0) is 6.61 Å². The molecular formula is C13H12N2O3. The Kier molecular flexibility index (Phi) is 2.16. The Morgan fingerprint density at radius 2 is 2.22 bits per heavy atom. The van der Waals surface area contributed by atoms with Gasteiger partial charge in [-0.1, -0.05) is 6.07 Å². The van der Waals surface area contributed by atoms with Crippen molar-refractivity contribution >= 4 is 5.97 Å². The summed E-state index contributed by atoms with van der Waals surface area (Å²) in [7, 11) is 0. The van der Waals surface area contributed by atoms with Gasteiger partial charge in [-0.25, -0.2) is 9.78 Å². The van der Waals surface area contributed by atoms with Crippen LogP contribution in [0.5, 0.6) is 5.75 Å². The number of carboxylic acids is 1. The molecule has 0 saturated heterocycles. The van der Waals surface area contributed by atoms with Gasteiger partial charge in [-0.15, -0.1) is 0 Å². The first-order chi connectivity index (χ1) is 8.58. The number of imidazole rings is 1. The van der Waals surface area contributed by atoms with E-state index in [-0.39, 0.29) is 12.3 Å². The molecular weight excluding hydrogens is 232 g/mol. The number of hydrogen-bond donors (Lipinski definition) is 1. The van der Waals surface area contributed by atoms with E-state index in [9.17, 15) is 4.79 Å². The minimum absolute atomic E-state index is 0.0554. The van der Waals surface area contributed by atoms with Crippen molar-refractivity contribution in [2.45, 2.75) is 20.5 Å². The van der Waals surface area contributed by atoms with Crippen LogP contribution in [0.25, 0.3) is 5.69 Å². The Bertz CT molecular complexity index is 658. The number of carboxylic acid groups (broad SMARTS) is 1. The van der Waals surface area contributed by atoms with Gasteiger partial charge in [0.25, 0.3) is 0 Å². The van der Waals surface area contributed by atoms with Crippen molar-refractivity contribution < 1.29 is 14.6 Å². The maximum Gasteiger partial charge on any atom is 0.356 e. The monoisotopic (exact) mass is 244 g/mol. The van der Waals surface area contributed by atoms with Crippen LogP contribution in [0, 0.1) is 13.8 Å². The van der Waals surface area contributed by atoms with Crippen LogP contribution in [0.2, 0.25) is 0 Å². The molecule has 0 bridgehead atoms. The Morgan fingerprint density at radius 1 is 1.44 bits per heavy atom. The maximum atomic E-state index is 11.0. The van der Waals surface area contributed by atoms with Crippen LogP contribution >= 0.6 is 0 Å². The third kappa shape index (κ3) is 1.40. The molecule has 0 amide bonds. The molecule has 5 heteroatoms. The van der Waals surface area contributed by atoms with E-state index in [0.717, 1.165) is 22.6 Å². The largest absolute Gasteiger partial charge is 0.485 e. The highest BCUT2D eigenvalue weighted by molar-refractivity contribution is 5.87. The molecule has 1 N–H and O–H groups in total. The summed E-state index contributed by atoms with van der Waals surface area (Å²) in [4.78, 5) is 15.0. The average molecular weight is 244 g/mol. The van der Waals surface area contributed by atoms with Crippen LogP contribution in [-0.4, -0.2) is 20.6 Å². The van der Waals surface area contributed by atoms with Crippen molar-refractivity contribution in [3.8, 4) is 11.4 Å². The molecule has 18 heavy (non-hydrogen) atoms. The van der Waals surface area contributed by atoms with E-state index >= 15 is 0 Å². The minimum atomic E-state index is -1.03. The lowest BCUT2D eigenvalue weighted by Gasteiger charge is -2.22. The van der Waals surface area contributed by atoms with Crippen molar-refractivity contribution in [3.63, 3.8) is 0 Å². The Hall–Kier alpha value is -2.30. The van der Waals surface area contributed by atoms with Gasteiger partial charge >= 0.3 is 5.97 Å². The molecule has 1 aliphatic heterocycles. The number of rotatable bonds is 1. The number of nitrogens with zero attached hydrogens (tertiary/aromatic N) is 2. The zero-order valence-corrected chi connectivity index (χ0v) is 10.1. The zero-order valence-electron chi connectivity index (χ0n) is 10.1. The second-order valence-corrected chi connectivity index (χ2v) is 4.43. The van der Waals surface area contributed by atoms with E-state index in [1.165, 1.54) is 0 Å². The average Bonchev–Trinajstić information content (AvgIpc) is 2.72. The molecule has 0 radical (unpaired) electrons. The van der Waals surface area contributed by atoms with E-state index in [1.54, 1.807) is 10.9 Å². The van der Waals surface area contributed by atoms with Crippen molar-refractivity contribution in [3.05, 3.63) is 41.0 Å². The van der Waals surface area contributed by atoms with Gasteiger partial charge in [-0.05, 0) is 31.0 Å². The number of ether oxygens (including phenoxy) is 1. The SMILES string of the molecule is Cc1cc(C)c2c(c1)-n1cnc(C(=O)O)c1CO2. The molecule has 5 nitrogen and oxygen atoms in total. The first kappa shape index (κ1) is 10.8. The number of benzene rings is 1. The quantitative estimate of drug-likeness (QED) is 0.834. The van der Waals surface area contributed by atoms with Crippen LogP contribution in [0.15, 0.2) is 18.5 Å². The van der Waals surface area contributed by atoms with Crippen LogP contribution in [0.4, 0.5) is 0 Å². The van der Waals surface area contributed by atoms with Gasteiger partial charge in [0.05, 0.1) is 11.4 Å².